The third-order valence-electron chi connectivity index (χ3n) is 4.71. The molecule has 0 amide bonds. The number of benzene rings is 4. The van der Waals surface area contributed by atoms with Gasteiger partial charge in [0.25, 0.3) is 0 Å². The lowest BCUT2D eigenvalue weighted by atomic mass is 10.0. The molecule has 0 unspecified atom stereocenters. The zero-order chi connectivity index (χ0) is 16.8. The monoisotopic (exact) mass is 323 g/mol. The highest BCUT2D eigenvalue weighted by molar-refractivity contribution is 6.16. The molecule has 0 atom stereocenters. The van der Waals surface area contributed by atoms with E-state index in [4.69, 9.17) is 4.42 Å². The molecule has 25 heavy (non-hydrogen) atoms. The van der Waals surface area contributed by atoms with Crippen molar-refractivity contribution in [3.05, 3.63) is 84.4 Å². The minimum absolute atomic E-state index is 0.963. The fourth-order valence-corrected chi connectivity index (χ4v) is 3.54. The molecular formula is C23H17NO. The Bertz CT molecular complexity index is 1220. The first-order chi connectivity index (χ1) is 12.3. The number of para-hydroxylation sites is 1. The van der Waals surface area contributed by atoms with Crippen molar-refractivity contribution >= 4 is 44.1 Å². The standard InChI is InChI=1S/C23H17NO/c1-15-13-18(24-17-8-3-2-4-9-17)14-21-20-12-11-16-7-5-6-10-19(16)23(20)25-22(15)21/h2-14,24H,1H3. The lowest BCUT2D eigenvalue weighted by Crippen LogP contribution is -1.90. The van der Waals surface area contributed by atoms with Gasteiger partial charge in [-0.05, 0) is 48.2 Å². The second-order valence-electron chi connectivity index (χ2n) is 6.43. The van der Waals surface area contributed by atoms with Crippen LogP contribution in [0.5, 0.6) is 0 Å². The maximum Gasteiger partial charge on any atom is 0.143 e. The third-order valence-corrected chi connectivity index (χ3v) is 4.71. The van der Waals surface area contributed by atoms with E-state index in [-0.39, 0.29) is 0 Å². The number of hydrogen-bond donors (Lipinski definition) is 1. The van der Waals surface area contributed by atoms with Crippen molar-refractivity contribution in [2.45, 2.75) is 6.92 Å². The van der Waals surface area contributed by atoms with Gasteiger partial charge in [-0.3, -0.25) is 0 Å². The summed E-state index contributed by atoms with van der Waals surface area (Å²) in [5, 5.41) is 8.16. The third kappa shape index (κ3) is 2.26. The highest BCUT2D eigenvalue weighted by Crippen LogP contribution is 2.37. The van der Waals surface area contributed by atoms with Crippen molar-refractivity contribution in [2.24, 2.45) is 0 Å². The van der Waals surface area contributed by atoms with Gasteiger partial charge in [-0.25, -0.2) is 0 Å². The molecule has 0 aliphatic rings. The van der Waals surface area contributed by atoms with Gasteiger partial charge < -0.3 is 9.73 Å². The Hall–Kier alpha value is -3.26. The van der Waals surface area contributed by atoms with Crippen LogP contribution in [-0.4, -0.2) is 0 Å². The van der Waals surface area contributed by atoms with Gasteiger partial charge >= 0.3 is 0 Å². The molecule has 0 spiro atoms. The summed E-state index contributed by atoms with van der Waals surface area (Å²) in [4.78, 5) is 0. The molecule has 0 bridgehead atoms. The molecule has 4 aromatic carbocycles. The Morgan fingerprint density at radius 1 is 0.640 bits per heavy atom. The summed E-state index contributed by atoms with van der Waals surface area (Å²) in [5.74, 6) is 0. The molecule has 120 valence electrons. The largest absolute Gasteiger partial charge is 0.455 e. The number of hydrogen-bond acceptors (Lipinski definition) is 2. The van der Waals surface area contributed by atoms with Gasteiger partial charge in [0.1, 0.15) is 11.2 Å². The van der Waals surface area contributed by atoms with Crippen LogP contribution >= 0.6 is 0 Å². The molecule has 1 aromatic heterocycles. The summed E-state index contributed by atoms with van der Waals surface area (Å²) >= 11 is 0. The Balaban J connectivity index is 1.76. The van der Waals surface area contributed by atoms with Gasteiger partial charge in [0.15, 0.2) is 0 Å². The fraction of sp³-hybridized carbons (Fsp3) is 0.0435. The van der Waals surface area contributed by atoms with E-state index in [2.05, 4.69) is 72.9 Å². The van der Waals surface area contributed by atoms with Crippen LogP contribution in [0.25, 0.3) is 32.7 Å². The summed E-state index contributed by atoms with van der Waals surface area (Å²) in [7, 11) is 0. The Labute approximate surface area is 145 Å². The van der Waals surface area contributed by atoms with Gasteiger partial charge in [-0.15, -0.1) is 0 Å². The van der Waals surface area contributed by atoms with E-state index in [1.54, 1.807) is 0 Å². The van der Waals surface area contributed by atoms with Crippen LogP contribution in [0, 0.1) is 6.92 Å². The molecule has 0 saturated carbocycles. The molecule has 0 saturated heterocycles. The van der Waals surface area contributed by atoms with Gasteiger partial charge in [-0.1, -0.05) is 48.5 Å². The average Bonchev–Trinajstić information content (AvgIpc) is 3.02. The predicted octanol–water partition coefficient (Wildman–Crippen LogP) is 6.79. The summed E-state index contributed by atoms with van der Waals surface area (Å²) in [6.07, 6.45) is 0. The molecule has 5 rings (SSSR count). The van der Waals surface area contributed by atoms with Crippen LogP contribution in [0.2, 0.25) is 0 Å². The number of rotatable bonds is 2. The first kappa shape index (κ1) is 14.1. The minimum atomic E-state index is 0.963. The average molecular weight is 323 g/mol. The maximum absolute atomic E-state index is 6.27. The van der Waals surface area contributed by atoms with E-state index in [0.717, 1.165) is 44.3 Å². The molecule has 0 aliphatic heterocycles. The summed E-state index contributed by atoms with van der Waals surface area (Å²) in [6, 6.07) is 27.2. The van der Waals surface area contributed by atoms with Crippen LogP contribution in [0.1, 0.15) is 5.56 Å². The second kappa shape index (κ2) is 5.38. The van der Waals surface area contributed by atoms with E-state index in [1.165, 1.54) is 5.39 Å². The van der Waals surface area contributed by atoms with Gasteiger partial charge in [0, 0.05) is 27.5 Å². The summed E-state index contributed by atoms with van der Waals surface area (Å²) < 4.78 is 6.27. The van der Waals surface area contributed by atoms with Crippen molar-refractivity contribution < 1.29 is 4.42 Å². The van der Waals surface area contributed by atoms with Gasteiger partial charge in [-0.2, -0.15) is 0 Å². The van der Waals surface area contributed by atoms with E-state index in [9.17, 15) is 0 Å². The molecule has 5 aromatic rings. The molecule has 2 nitrogen and oxygen atoms in total. The molecule has 2 heteroatoms. The molecule has 1 heterocycles. The van der Waals surface area contributed by atoms with Gasteiger partial charge in [0.05, 0.1) is 0 Å². The first-order valence-corrected chi connectivity index (χ1v) is 8.46. The van der Waals surface area contributed by atoms with Crippen LogP contribution in [0.3, 0.4) is 0 Å². The molecule has 0 radical (unpaired) electrons. The summed E-state index contributed by atoms with van der Waals surface area (Å²) in [6.45, 7) is 2.10. The highest BCUT2D eigenvalue weighted by Gasteiger charge is 2.13. The van der Waals surface area contributed by atoms with Gasteiger partial charge in [0.2, 0.25) is 0 Å². The van der Waals surface area contributed by atoms with Crippen LogP contribution < -0.4 is 5.32 Å². The zero-order valence-electron chi connectivity index (χ0n) is 13.9. The zero-order valence-corrected chi connectivity index (χ0v) is 13.9. The summed E-state index contributed by atoms with van der Waals surface area (Å²) in [5.41, 5.74) is 5.22. The predicted molar refractivity (Wildman–Crippen MR) is 106 cm³/mol. The highest BCUT2D eigenvalue weighted by atomic mass is 16.3. The molecular weight excluding hydrogens is 306 g/mol. The fourth-order valence-electron chi connectivity index (χ4n) is 3.54. The number of furan rings is 1. The van der Waals surface area contributed by atoms with Crippen molar-refractivity contribution in [2.75, 3.05) is 5.32 Å². The van der Waals surface area contributed by atoms with Crippen LogP contribution in [0.4, 0.5) is 11.4 Å². The number of aryl methyl sites for hydroxylation is 1. The quantitative estimate of drug-likeness (QED) is 0.387. The first-order valence-electron chi connectivity index (χ1n) is 8.46. The van der Waals surface area contributed by atoms with E-state index < -0.39 is 0 Å². The molecule has 1 N–H and O–H groups in total. The topological polar surface area (TPSA) is 25.2 Å². The van der Waals surface area contributed by atoms with Crippen molar-refractivity contribution in [3.63, 3.8) is 0 Å². The van der Waals surface area contributed by atoms with Crippen LogP contribution in [0.15, 0.2) is 83.3 Å². The van der Waals surface area contributed by atoms with Crippen molar-refractivity contribution in [3.8, 4) is 0 Å². The number of anilines is 2. The van der Waals surface area contributed by atoms with E-state index >= 15 is 0 Å². The molecule has 0 fully saturated rings. The van der Waals surface area contributed by atoms with E-state index in [1.807, 2.05) is 18.2 Å². The Morgan fingerprint density at radius 2 is 1.44 bits per heavy atom. The van der Waals surface area contributed by atoms with Crippen LogP contribution in [-0.2, 0) is 0 Å². The minimum Gasteiger partial charge on any atom is -0.455 e. The van der Waals surface area contributed by atoms with Crippen molar-refractivity contribution in [1.29, 1.82) is 0 Å². The Kier molecular flexibility index (Phi) is 3.04. The number of fused-ring (bicyclic) bond motifs is 5. The molecule has 0 aliphatic carbocycles. The maximum atomic E-state index is 6.27. The SMILES string of the molecule is Cc1cc(Nc2ccccc2)cc2c1oc1c3ccccc3ccc21. The van der Waals surface area contributed by atoms with E-state index in [0.29, 0.717) is 0 Å². The Morgan fingerprint density at radius 3 is 2.32 bits per heavy atom. The lowest BCUT2D eigenvalue weighted by molar-refractivity contribution is 0.669. The second-order valence-corrected chi connectivity index (χ2v) is 6.43. The number of nitrogens with one attached hydrogen (secondary N) is 1. The lowest BCUT2D eigenvalue weighted by Gasteiger charge is -2.07. The normalized spacial score (nSPS) is 11.4. The smallest absolute Gasteiger partial charge is 0.143 e. The van der Waals surface area contributed by atoms with Crippen molar-refractivity contribution in [1.82, 2.24) is 0 Å².